The predicted octanol–water partition coefficient (Wildman–Crippen LogP) is 5.44. The molecule has 0 aliphatic carbocycles. The lowest BCUT2D eigenvalue weighted by molar-refractivity contribution is 0.501. The Hall–Kier alpha value is -1.55. The zero-order valence-electron chi connectivity index (χ0n) is 15.7. The monoisotopic (exact) mass is 361 g/mol. The van der Waals surface area contributed by atoms with E-state index in [9.17, 15) is 8.42 Å². The molecular weight excluding hydrogens is 330 g/mol. The number of rotatable bonds is 7. The molecule has 1 aromatic rings. The maximum absolute atomic E-state index is 12.9. The normalized spacial score (nSPS) is 20.0. The van der Waals surface area contributed by atoms with E-state index < -0.39 is 10.0 Å². The Balaban J connectivity index is 2.05. The molecular formula is C21H31NO2S. The van der Waals surface area contributed by atoms with E-state index in [0.717, 1.165) is 18.4 Å². The summed E-state index contributed by atoms with van der Waals surface area (Å²) < 4.78 is 27.2. The van der Waals surface area contributed by atoms with Crippen LogP contribution in [0.3, 0.4) is 0 Å². The summed E-state index contributed by atoms with van der Waals surface area (Å²) in [4.78, 5) is 0.363. The van der Waals surface area contributed by atoms with Crippen molar-refractivity contribution in [2.24, 2.45) is 5.92 Å². The van der Waals surface area contributed by atoms with Gasteiger partial charge in [0.15, 0.2) is 0 Å². The molecule has 0 amide bonds. The van der Waals surface area contributed by atoms with Crippen molar-refractivity contribution in [3.05, 3.63) is 53.8 Å². The van der Waals surface area contributed by atoms with Gasteiger partial charge < -0.3 is 0 Å². The summed E-state index contributed by atoms with van der Waals surface area (Å²) in [5.74, 6) is 0.296. The summed E-state index contributed by atoms with van der Waals surface area (Å²) >= 11 is 0. The van der Waals surface area contributed by atoms with E-state index in [2.05, 4.69) is 19.9 Å². The number of benzene rings is 1. The third-order valence-electron chi connectivity index (χ3n) is 4.84. The Labute approximate surface area is 153 Å². The molecule has 1 unspecified atom stereocenters. The van der Waals surface area contributed by atoms with E-state index in [1.54, 1.807) is 18.3 Å². The Morgan fingerprint density at radius 3 is 2.56 bits per heavy atom. The zero-order chi connectivity index (χ0) is 18.3. The number of nitrogens with zero attached hydrogens (tertiary/aromatic N) is 1. The Morgan fingerprint density at radius 2 is 1.88 bits per heavy atom. The van der Waals surface area contributed by atoms with Gasteiger partial charge in [-0.25, -0.2) is 8.42 Å². The lowest BCUT2D eigenvalue weighted by atomic mass is 9.97. The largest absolute Gasteiger partial charge is 0.273 e. The number of unbranched alkanes of at least 4 members (excludes halogenated alkanes) is 4. The molecule has 0 spiro atoms. The maximum atomic E-state index is 12.9. The number of allylic oxidation sites excluding steroid dienone is 2. The second-order valence-corrected chi connectivity index (χ2v) is 8.83. The van der Waals surface area contributed by atoms with Gasteiger partial charge in [-0.3, -0.25) is 4.31 Å². The van der Waals surface area contributed by atoms with E-state index in [-0.39, 0.29) is 0 Å². The van der Waals surface area contributed by atoms with E-state index in [4.69, 9.17) is 0 Å². The quantitative estimate of drug-likeness (QED) is 0.479. The molecule has 0 fully saturated rings. The summed E-state index contributed by atoms with van der Waals surface area (Å²) in [6.07, 6.45) is 13.0. The predicted molar refractivity (Wildman–Crippen MR) is 105 cm³/mol. The molecule has 0 saturated heterocycles. The van der Waals surface area contributed by atoms with Crippen molar-refractivity contribution < 1.29 is 8.42 Å². The lowest BCUT2D eigenvalue weighted by Gasteiger charge is -2.19. The SMILES string of the molecule is CCCCCC/C=C1\CCN(S(=O)(=O)c2ccc(C)cc2)C=CC1C. The van der Waals surface area contributed by atoms with E-state index in [1.165, 1.54) is 35.6 Å². The van der Waals surface area contributed by atoms with Gasteiger partial charge in [0.2, 0.25) is 0 Å². The van der Waals surface area contributed by atoms with Gasteiger partial charge in [0.05, 0.1) is 4.90 Å². The van der Waals surface area contributed by atoms with Gasteiger partial charge in [-0.15, -0.1) is 0 Å². The van der Waals surface area contributed by atoms with Crippen LogP contribution in [-0.2, 0) is 10.0 Å². The third kappa shape index (κ3) is 5.46. The van der Waals surface area contributed by atoms with Crippen LogP contribution < -0.4 is 0 Å². The highest BCUT2D eigenvalue weighted by Gasteiger charge is 2.24. The Morgan fingerprint density at radius 1 is 1.16 bits per heavy atom. The summed E-state index contributed by atoms with van der Waals surface area (Å²) in [5.41, 5.74) is 2.42. The van der Waals surface area contributed by atoms with Crippen molar-refractivity contribution in [2.75, 3.05) is 6.54 Å². The highest BCUT2D eigenvalue weighted by atomic mass is 32.2. The minimum Gasteiger partial charge on any atom is -0.273 e. The first-order chi connectivity index (χ1) is 11.9. The first kappa shape index (κ1) is 19.8. The van der Waals surface area contributed by atoms with Crippen LogP contribution in [0.2, 0.25) is 0 Å². The average molecular weight is 362 g/mol. The van der Waals surface area contributed by atoms with Crippen molar-refractivity contribution in [1.82, 2.24) is 4.31 Å². The van der Waals surface area contributed by atoms with Crippen molar-refractivity contribution in [1.29, 1.82) is 0 Å². The summed E-state index contributed by atoms with van der Waals surface area (Å²) in [6, 6.07) is 7.08. The van der Waals surface area contributed by atoms with E-state index >= 15 is 0 Å². The van der Waals surface area contributed by atoms with Gasteiger partial charge in [0, 0.05) is 12.7 Å². The van der Waals surface area contributed by atoms with E-state index in [1.807, 2.05) is 25.1 Å². The Kier molecular flexibility index (Phi) is 7.30. The van der Waals surface area contributed by atoms with E-state index in [0.29, 0.717) is 17.4 Å². The van der Waals surface area contributed by atoms with Gasteiger partial charge in [0.25, 0.3) is 10.0 Å². The molecule has 1 atom stereocenters. The molecule has 1 aliphatic heterocycles. The molecule has 3 nitrogen and oxygen atoms in total. The van der Waals surface area contributed by atoms with Crippen LogP contribution >= 0.6 is 0 Å². The summed E-state index contributed by atoms with van der Waals surface area (Å²) in [5, 5.41) is 0. The Bertz CT molecular complexity index is 702. The van der Waals surface area contributed by atoms with Crippen molar-refractivity contribution in [2.45, 2.75) is 64.2 Å². The first-order valence-electron chi connectivity index (χ1n) is 9.41. The molecule has 0 N–H and O–H groups in total. The number of hydrogen-bond acceptors (Lipinski definition) is 2. The molecule has 0 saturated carbocycles. The zero-order valence-corrected chi connectivity index (χ0v) is 16.6. The summed E-state index contributed by atoms with van der Waals surface area (Å²) in [7, 11) is -3.46. The van der Waals surface area contributed by atoms with Gasteiger partial charge in [0.1, 0.15) is 0 Å². The second-order valence-electron chi connectivity index (χ2n) is 6.94. The van der Waals surface area contributed by atoms with Crippen LogP contribution in [0.4, 0.5) is 0 Å². The highest BCUT2D eigenvalue weighted by Crippen LogP contribution is 2.26. The van der Waals surface area contributed by atoms with Crippen LogP contribution in [0.15, 0.2) is 53.1 Å². The van der Waals surface area contributed by atoms with Gasteiger partial charge in [-0.05, 0) is 44.2 Å². The molecule has 2 rings (SSSR count). The molecule has 0 radical (unpaired) electrons. The fourth-order valence-electron chi connectivity index (χ4n) is 3.08. The standard InChI is InChI=1S/C21H31NO2S/c1-4-5-6-7-8-9-20-15-17-22(16-14-19(20)3)25(23,24)21-12-10-18(2)11-13-21/h9-14,16,19H,4-8,15,17H2,1-3H3/b20-9+. The molecule has 4 heteroatoms. The van der Waals surface area contributed by atoms with Crippen LogP contribution in [-0.4, -0.2) is 19.3 Å². The minimum absolute atomic E-state index is 0.296. The van der Waals surface area contributed by atoms with Crippen LogP contribution in [0, 0.1) is 12.8 Å². The second kappa shape index (κ2) is 9.23. The van der Waals surface area contributed by atoms with Crippen LogP contribution in [0.1, 0.15) is 57.9 Å². The first-order valence-corrected chi connectivity index (χ1v) is 10.8. The number of sulfonamides is 1. The molecule has 1 heterocycles. The topological polar surface area (TPSA) is 37.4 Å². The van der Waals surface area contributed by atoms with Gasteiger partial charge >= 0.3 is 0 Å². The lowest BCUT2D eigenvalue weighted by Crippen LogP contribution is -2.26. The van der Waals surface area contributed by atoms with Crippen LogP contribution in [0.5, 0.6) is 0 Å². The van der Waals surface area contributed by atoms with Crippen LogP contribution in [0.25, 0.3) is 0 Å². The summed E-state index contributed by atoms with van der Waals surface area (Å²) in [6.45, 7) is 6.84. The molecule has 25 heavy (non-hydrogen) atoms. The molecule has 1 aliphatic rings. The molecule has 0 aromatic heterocycles. The highest BCUT2D eigenvalue weighted by molar-refractivity contribution is 7.89. The molecule has 138 valence electrons. The number of hydrogen-bond donors (Lipinski definition) is 0. The third-order valence-corrected chi connectivity index (χ3v) is 6.63. The van der Waals surface area contributed by atoms with Crippen molar-refractivity contribution >= 4 is 10.0 Å². The number of aryl methyl sites for hydroxylation is 1. The fourth-order valence-corrected chi connectivity index (χ4v) is 4.40. The molecule has 0 bridgehead atoms. The molecule has 1 aromatic carbocycles. The maximum Gasteiger partial charge on any atom is 0.263 e. The van der Waals surface area contributed by atoms with Gasteiger partial charge in [-0.2, -0.15) is 0 Å². The van der Waals surface area contributed by atoms with Gasteiger partial charge in [-0.1, -0.05) is 68.5 Å². The average Bonchev–Trinajstić information content (AvgIpc) is 2.77. The smallest absolute Gasteiger partial charge is 0.263 e. The van der Waals surface area contributed by atoms with Crippen molar-refractivity contribution in [3.63, 3.8) is 0 Å². The van der Waals surface area contributed by atoms with Crippen molar-refractivity contribution in [3.8, 4) is 0 Å². The fraction of sp³-hybridized carbons (Fsp3) is 0.524. The minimum atomic E-state index is -3.46.